The van der Waals surface area contributed by atoms with Gasteiger partial charge in [-0.3, -0.25) is 0 Å². The maximum atomic E-state index is 2.76. The molecular weight excluding hydrogens is 273 g/mol. The molecule has 2 fully saturated rings. The molecule has 2 heterocycles. The van der Waals surface area contributed by atoms with E-state index in [9.17, 15) is 0 Å². The molecule has 0 aromatic heterocycles. The van der Waals surface area contributed by atoms with Crippen molar-refractivity contribution in [3.05, 3.63) is 0 Å². The predicted molar refractivity (Wildman–Crippen MR) is 65.4 cm³/mol. The van der Waals surface area contributed by atoms with Crippen LogP contribution in [0.1, 0.15) is 39.0 Å². The van der Waals surface area contributed by atoms with E-state index in [1.165, 1.54) is 45.2 Å². The van der Waals surface area contributed by atoms with Crippen LogP contribution in [-0.2, 0) is 0 Å². The van der Waals surface area contributed by atoms with Crippen LogP contribution in [0.15, 0.2) is 0 Å². The number of hydrogen-bond acceptors (Lipinski definition) is 1. The maximum Gasteiger partial charge on any atom is 0.0133 e. The first-order chi connectivity index (χ1) is 6.29. The first kappa shape index (κ1) is 10.2. The highest BCUT2D eigenvalue weighted by atomic mass is 127. The van der Waals surface area contributed by atoms with Crippen LogP contribution in [0.5, 0.6) is 0 Å². The minimum Gasteiger partial charge on any atom is -0.300 e. The van der Waals surface area contributed by atoms with Gasteiger partial charge in [-0.05, 0) is 44.7 Å². The van der Waals surface area contributed by atoms with Crippen LogP contribution in [0.3, 0.4) is 0 Å². The minimum atomic E-state index is 0.864. The number of halogens is 1. The van der Waals surface area contributed by atoms with E-state index in [2.05, 4.69) is 34.4 Å². The molecule has 76 valence electrons. The van der Waals surface area contributed by atoms with Crippen LogP contribution >= 0.6 is 22.6 Å². The largest absolute Gasteiger partial charge is 0.300 e. The number of piperidine rings is 2. The van der Waals surface area contributed by atoms with Crippen molar-refractivity contribution in [1.29, 1.82) is 0 Å². The van der Waals surface area contributed by atoms with E-state index >= 15 is 0 Å². The summed E-state index contributed by atoms with van der Waals surface area (Å²) in [7, 11) is 0. The fraction of sp³-hybridized carbons (Fsp3) is 1.00. The van der Waals surface area contributed by atoms with Crippen molar-refractivity contribution in [2.24, 2.45) is 5.92 Å². The third-order valence-corrected chi connectivity index (χ3v) is 4.65. The summed E-state index contributed by atoms with van der Waals surface area (Å²) in [5.74, 6) is 0.981. The maximum absolute atomic E-state index is 2.76. The number of nitrogens with zero attached hydrogens (tertiary/aromatic N) is 1. The van der Waals surface area contributed by atoms with E-state index < -0.39 is 0 Å². The van der Waals surface area contributed by atoms with Crippen LogP contribution in [0.25, 0.3) is 0 Å². The van der Waals surface area contributed by atoms with Gasteiger partial charge in [0.15, 0.2) is 0 Å². The number of fused-ring (bicyclic) bond motifs is 1. The zero-order chi connectivity index (χ0) is 9.26. The Bertz CT molecular complexity index is 167. The van der Waals surface area contributed by atoms with Crippen LogP contribution in [0.2, 0.25) is 0 Å². The second kappa shape index (κ2) is 4.47. The summed E-state index contributed by atoms with van der Waals surface area (Å²) < 4.78 is 0.864. The van der Waals surface area contributed by atoms with Crippen molar-refractivity contribution in [3.63, 3.8) is 0 Å². The van der Waals surface area contributed by atoms with Gasteiger partial charge in [0.25, 0.3) is 0 Å². The third-order valence-electron chi connectivity index (χ3n) is 3.73. The number of hydrogen-bond donors (Lipinski definition) is 0. The number of alkyl halides is 1. The van der Waals surface area contributed by atoms with Gasteiger partial charge in [-0.2, -0.15) is 0 Å². The van der Waals surface area contributed by atoms with E-state index in [0.717, 1.165) is 15.9 Å². The molecule has 1 nitrogen and oxygen atoms in total. The summed E-state index contributed by atoms with van der Waals surface area (Å²) in [4.78, 5) is 2.76. The van der Waals surface area contributed by atoms with Crippen molar-refractivity contribution in [2.45, 2.75) is 49.0 Å². The fourth-order valence-electron chi connectivity index (χ4n) is 3.04. The van der Waals surface area contributed by atoms with Gasteiger partial charge in [0, 0.05) is 9.97 Å². The Balaban J connectivity index is 2.02. The van der Waals surface area contributed by atoms with Crippen molar-refractivity contribution in [1.82, 2.24) is 4.90 Å². The normalized spacial score (nSPS) is 38.3. The first-order valence-electron chi connectivity index (χ1n) is 5.67. The molecule has 2 saturated heterocycles. The zero-order valence-corrected chi connectivity index (χ0v) is 10.7. The lowest BCUT2D eigenvalue weighted by Crippen LogP contribution is -2.49. The molecule has 0 N–H and O–H groups in total. The molecule has 3 atom stereocenters. The molecule has 0 aromatic rings. The van der Waals surface area contributed by atoms with Crippen molar-refractivity contribution >= 4 is 22.6 Å². The molecule has 0 aliphatic carbocycles. The number of rotatable bonds is 1. The van der Waals surface area contributed by atoms with E-state index in [1.807, 2.05) is 0 Å². The summed E-state index contributed by atoms with van der Waals surface area (Å²) in [5, 5.41) is 0. The summed E-state index contributed by atoms with van der Waals surface area (Å²) in [6, 6.07) is 0.939. The molecule has 2 rings (SSSR count). The minimum absolute atomic E-state index is 0.864. The Labute approximate surface area is 95.4 Å². The highest BCUT2D eigenvalue weighted by molar-refractivity contribution is 14.1. The monoisotopic (exact) mass is 293 g/mol. The third kappa shape index (κ3) is 2.20. The van der Waals surface area contributed by atoms with Crippen LogP contribution in [0.4, 0.5) is 0 Å². The van der Waals surface area contributed by atoms with Gasteiger partial charge < -0.3 is 4.90 Å². The Morgan fingerprint density at radius 3 is 2.69 bits per heavy atom. The highest BCUT2D eigenvalue weighted by Crippen LogP contribution is 2.35. The first-order valence-corrected chi connectivity index (χ1v) is 6.92. The SMILES string of the molecule is CC(I)[C@H]1CCCN2CCCCC12. The van der Waals surface area contributed by atoms with E-state index in [-0.39, 0.29) is 0 Å². The van der Waals surface area contributed by atoms with Gasteiger partial charge in [-0.1, -0.05) is 35.9 Å². The van der Waals surface area contributed by atoms with Crippen molar-refractivity contribution < 1.29 is 0 Å². The fourth-order valence-corrected chi connectivity index (χ4v) is 3.88. The topological polar surface area (TPSA) is 3.24 Å². The standard InChI is InChI=1S/C11H20IN/c1-9(12)10-5-4-8-13-7-3-2-6-11(10)13/h9-11H,2-8H2,1H3/t9?,10-,11?/m1/s1. The lowest BCUT2D eigenvalue weighted by molar-refractivity contribution is 0.0621. The molecule has 2 heteroatoms. The zero-order valence-electron chi connectivity index (χ0n) is 8.51. The lowest BCUT2D eigenvalue weighted by Gasteiger charge is -2.45. The van der Waals surface area contributed by atoms with Crippen molar-refractivity contribution in [3.8, 4) is 0 Å². The summed E-state index contributed by atoms with van der Waals surface area (Å²) >= 11 is 2.62. The second-order valence-corrected chi connectivity index (χ2v) is 6.55. The van der Waals surface area contributed by atoms with E-state index in [4.69, 9.17) is 0 Å². The Kier molecular flexibility index (Phi) is 3.52. The van der Waals surface area contributed by atoms with E-state index in [1.54, 1.807) is 0 Å². The molecule has 0 spiro atoms. The quantitative estimate of drug-likeness (QED) is 0.530. The second-order valence-electron chi connectivity index (χ2n) is 4.58. The van der Waals surface area contributed by atoms with Crippen LogP contribution in [0, 0.1) is 5.92 Å². The highest BCUT2D eigenvalue weighted by Gasteiger charge is 2.34. The molecule has 0 radical (unpaired) electrons. The Morgan fingerprint density at radius 1 is 1.15 bits per heavy atom. The molecule has 2 aliphatic rings. The van der Waals surface area contributed by atoms with Gasteiger partial charge in [0.05, 0.1) is 0 Å². The summed E-state index contributed by atoms with van der Waals surface area (Å²) in [6.07, 6.45) is 7.30. The summed E-state index contributed by atoms with van der Waals surface area (Å²) in [5.41, 5.74) is 0. The van der Waals surface area contributed by atoms with Crippen LogP contribution in [-0.4, -0.2) is 28.0 Å². The van der Waals surface area contributed by atoms with Gasteiger partial charge >= 0.3 is 0 Å². The predicted octanol–water partition coefficient (Wildman–Crippen LogP) is 3.07. The van der Waals surface area contributed by atoms with E-state index in [0.29, 0.717) is 0 Å². The molecule has 2 aliphatic heterocycles. The molecule has 0 saturated carbocycles. The Hall–Kier alpha value is 0.690. The molecule has 2 unspecified atom stereocenters. The summed E-state index contributed by atoms with van der Waals surface area (Å²) in [6.45, 7) is 5.15. The van der Waals surface area contributed by atoms with Gasteiger partial charge in [0.1, 0.15) is 0 Å². The molecule has 0 amide bonds. The Morgan fingerprint density at radius 2 is 1.92 bits per heavy atom. The smallest absolute Gasteiger partial charge is 0.0133 e. The molecule has 0 bridgehead atoms. The van der Waals surface area contributed by atoms with Crippen molar-refractivity contribution in [2.75, 3.05) is 13.1 Å². The van der Waals surface area contributed by atoms with Crippen LogP contribution < -0.4 is 0 Å². The average Bonchev–Trinajstić information content (AvgIpc) is 2.17. The van der Waals surface area contributed by atoms with Gasteiger partial charge in [-0.15, -0.1) is 0 Å². The van der Waals surface area contributed by atoms with Gasteiger partial charge in [-0.25, -0.2) is 0 Å². The average molecular weight is 293 g/mol. The van der Waals surface area contributed by atoms with Gasteiger partial charge in [0.2, 0.25) is 0 Å². The molecular formula is C11H20IN. The molecule has 0 aromatic carbocycles. The molecule has 13 heavy (non-hydrogen) atoms. The lowest BCUT2D eigenvalue weighted by atomic mass is 9.82.